The molecule has 0 aliphatic heterocycles. The smallest absolute Gasteiger partial charge is 0.102 e. The molecule has 98 valence electrons. The maximum atomic E-state index is 9.01. The highest BCUT2D eigenvalue weighted by atomic mass is 15.2. The van der Waals surface area contributed by atoms with E-state index in [9.17, 15) is 0 Å². The first-order chi connectivity index (χ1) is 8.00. The van der Waals surface area contributed by atoms with Crippen LogP contribution in [0.2, 0.25) is 0 Å². The lowest BCUT2D eigenvalue weighted by Crippen LogP contribution is -2.48. The van der Waals surface area contributed by atoms with Crippen molar-refractivity contribution in [1.29, 1.82) is 5.26 Å². The van der Waals surface area contributed by atoms with Crippen molar-refractivity contribution in [2.24, 2.45) is 5.73 Å². The number of hydrogen-bond donors (Lipinski definition) is 1. The minimum atomic E-state index is -0.693. The highest BCUT2D eigenvalue weighted by Gasteiger charge is 2.28. The molecular weight excluding hydrogens is 210 g/mol. The predicted molar refractivity (Wildman–Crippen MR) is 71.5 cm³/mol. The fraction of sp³-hybridized carbons (Fsp3) is 0.929. The zero-order valence-electron chi connectivity index (χ0n) is 11.6. The summed E-state index contributed by atoms with van der Waals surface area (Å²) in [5.74, 6) is 0. The normalized spacial score (nSPS) is 23.1. The number of rotatable bonds is 5. The van der Waals surface area contributed by atoms with E-state index in [1.54, 1.807) is 0 Å². The lowest BCUT2D eigenvalue weighted by molar-refractivity contribution is 0.106. The van der Waals surface area contributed by atoms with Gasteiger partial charge in [-0.2, -0.15) is 5.26 Å². The van der Waals surface area contributed by atoms with E-state index in [2.05, 4.69) is 24.8 Å². The molecule has 0 aromatic rings. The number of nitrogens with two attached hydrogens (primary N) is 1. The fourth-order valence-corrected chi connectivity index (χ4v) is 3.12. The quantitative estimate of drug-likeness (QED) is 0.799. The molecule has 3 heteroatoms. The van der Waals surface area contributed by atoms with Crippen LogP contribution in [0, 0.1) is 11.3 Å². The Labute approximate surface area is 106 Å². The van der Waals surface area contributed by atoms with Gasteiger partial charge in [0, 0.05) is 12.1 Å². The third kappa shape index (κ3) is 4.29. The van der Waals surface area contributed by atoms with Gasteiger partial charge in [-0.1, -0.05) is 26.2 Å². The predicted octanol–water partition coefficient (Wildman–Crippen LogP) is 2.66. The molecule has 3 nitrogen and oxygen atoms in total. The lowest BCUT2D eigenvalue weighted by atomic mass is 9.90. The van der Waals surface area contributed by atoms with Crippen molar-refractivity contribution in [1.82, 2.24) is 4.90 Å². The summed E-state index contributed by atoms with van der Waals surface area (Å²) in [7, 11) is 0. The van der Waals surface area contributed by atoms with Gasteiger partial charge in [-0.15, -0.1) is 0 Å². The Morgan fingerprint density at radius 1 is 1.41 bits per heavy atom. The molecule has 0 aromatic heterocycles. The van der Waals surface area contributed by atoms with Gasteiger partial charge in [0.15, 0.2) is 0 Å². The largest absolute Gasteiger partial charge is 0.314 e. The summed E-state index contributed by atoms with van der Waals surface area (Å²) in [4.78, 5) is 2.54. The van der Waals surface area contributed by atoms with Gasteiger partial charge < -0.3 is 5.73 Å². The molecular formula is C14H27N3. The topological polar surface area (TPSA) is 53.0 Å². The van der Waals surface area contributed by atoms with Gasteiger partial charge in [0.1, 0.15) is 5.54 Å². The van der Waals surface area contributed by atoms with Crippen LogP contribution in [0.1, 0.15) is 59.3 Å². The SMILES string of the molecule is CCN(C(C)CC(C)(N)C#N)C1CCCCC1. The molecule has 1 fully saturated rings. The summed E-state index contributed by atoms with van der Waals surface area (Å²) in [5, 5.41) is 9.01. The van der Waals surface area contributed by atoms with Crippen molar-refractivity contribution in [3.63, 3.8) is 0 Å². The first kappa shape index (κ1) is 14.5. The molecule has 2 atom stereocenters. The van der Waals surface area contributed by atoms with Crippen LogP contribution in [0.5, 0.6) is 0 Å². The van der Waals surface area contributed by atoms with Crippen molar-refractivity contribution in [2.75, 3.05) is 6.54 Å². The Morgan fingerprint density at radius 3 is 2.47 bits per heavy atom. The molecule has 0 saturated heterocycles. The molecule has 2 unspecified atom stereocenters. The van der Waals surface area contributed by atoms with E-state index in [0.29, 0.717) is 12.1 Å². The van der Waals surface area contributed by atoms with Gasteiger partial charge in [-0.25, -0.2) is 0 Å². The Morgan fingerprint density at radius 2 is 2.00 bits per heavy atom. The first-order valence-corrected chi connectivity index (χ1v) is 6.96. The molecule has 0 heterocycles. The molecule has 0 spiro atoms. The third-order valence-corrected chi connectivity index (χ3v) is 3.95. The van der Waals surface area contributed by atoms with E-state index in [4.69, 9.17) is 11.0 Å². The van der Waals surface area contributed by atoms with Crippen LogP contribution in [0.3, 0.4) is 0 Å². The Hall–Kier alpha value is -0.590. The maximum Gasteiger partial charge on any atom is 0.102 e. The molecule has 0 aromatic carbocycles. The van der Waals surface area contributed by atoms with Gasteiger partial charge in [0.25, 0.3) is 0 Å². The summed E-state index contributed by atoms with van der Waals surface area (Å²) < 4.78 is 0. The Kier molecular flexibility index (Phi) is 5.42. The summed E-state index contributed by atoms with van der Waals surface area (Å²) >= 11 is 0. The molecule has 2 N–H and O–H groups in total. The summed E-state index contributed by atoms with van der Waals surface area (Å²) in [6, 6.07) is 3.31. The fourth-order valence-electron chi connectivity index (χ4n) is 3.12. The van der Waals surface area contributed by atoms with E-state index in [1.165, 1.54) is 32.1 Å². The van der Waals surface area contributed by atoms with Gasteiger partial charge in [0.05, 0.1) is 6.07 Å². The Balaban J connectivity index is 2.57. The molecule has 0 amide bonds. The third-order valence-electron chi connectivity index (χ3n) is 3.95. The first-order valence-electron chi connectivity index (χ1n) is 6.96. The minimum absolute atomic E-state index is 0.401. The lowest BCUT2D eigenvalue weighted by Gasteiger charge is -2.39. The standard InChI is InChI=1S/C14H27N3/c1-4-17(13-8-6-5-7-9-13)12(2)10-14(3,16)11-15/h12-13H,4-10,16H2,1-3H3. The highest BCUT2D eigenvalue weighted by Crippen LogP contribution is 2.26. The van der Waals surface area contributed by atoms with E-state index >= 15 is 0 Å². The number of hydrogen-bond acceptors (Lipinski definition) is 3. The van der Waals surface area contributed by atoms with Gasteiger partial charge in [-0.05, 0) is 39.7 Å². The molecule has 1 rings (SSSR count). The van der Waals surface area contributed by atoms with Crippen LogP contribution >= 0.6 is 0 Å². The van der Waals surface area contributed by atoms with Crippen LogP contribution in [0.4, 0.5) is 0 Å². The average molecular weight is 237 g/mol. The summed E-state index contributed by atoms with van der Waals surface area (Å²) in [6.45, 7) is 7.32. The van der Waals surface area contributed by atoms with Crippen molar-refractivity contribution in [2.45, 2.75) is 76.9 Å². The summed E-state index contributed by atoms with van der Waals surface area (Å²) in [5.41, 5.74) is 5.26. The summed E-state index contributed by atoms with van der Waals surface area (Å²) in [6.07, 6.45) is 7.47. The van der Waals surface area contributed by atoms with E-state index in [1.807, 2.05) is 6.92 Å². The van der Waals surface area contributed by atoms with E-state index in [-0.39, 0.29) is 0 Å². The molecule has 0 bridgehead atoms. The van der Waals surface area contributed by atoms with Gasteiger partial charge in [-0.3, -0.25) is 4.90 Å². The number of nitriles is 1. The van der Waals surface area contributed by atoms with E-state index in [0.717, 1.165) is 13.0 Å². The highest BCUT2D eigenvalue weighted by molar-refractivity contribution is 5.03. The van der Waals surface area contributed by atoms with Gasteiger partial charge >= 0.3 is 0 Å². The van der Waals surface area contributed by atoms with Crippen molar-refractivity contribution in [3.8, 4) is 6.07 Å². The van der Waals surface area contributed by atoms with Crippen LogP contribution in [0.25, 0.3) is 0 Å². The molecule has 1 saturated carbocycles. The van der Waals surface area contributed by atoms with Gasteiger partial charge in [0.2, 0.25) is 0 Å². The zero-order chi connectivity index (χ0) is 12.9. The Bertz CT molecular complexity index is 261. The molecule has 17 heavy (non-hydrogen) atoms. The second-order valence-electron chi connectivity index (χ2n) is 5.70. The molecule has 1 aliphatic carbocycles. The van der Waals surface area contributed by atoms with E-state index < -0.39 is 5.54 Å². The van der Waals surface area contributed by atoms with Crippen molar-refractivity contribution in [3.05, 3.63) is 0 Å². The van der Waals surface area contributed by atoms with Crippen LogP contribution in [0.15, 0.2) is 0 Å². The zero-order valence-corrected chi connectivity index (χ0v) is 11.6. The second kappa shape index (κ2) is 6.37. The molecule has 1 aliphatic rings. The average Bonchev–Trinajstić information content (AvgIpc) is 2.31. The van der Waals surface area contributed by atoms with Crippen LogP contribution < -0.4 is 5.73 Å². The minimum Gasteiger partial charge on any atom is -0.314 e. The number of nitrogens with zero attached hydrogens (tertiary/aromatic N) is 2. The second-order valence-corrected chi connectivity index (χ2v) is 5.70. The van der Waals surface area contributed by atoms with Crippen LogP contribution in [-0.2, 0) is 0 Å². The maximum absolute atomic E-state index is 9.01. The van der Waals surface area contributed by atoms with Crippen molar-refractivity contribution < 1.29 is 0 Å². The monoisotopic (exact) mass is 237 g/mol. The van der Waals surface area contributed by atoms with Crippen LogP contribution in [-0.4, -0.2) is 29.1 Å². The van der Waals surface area contributed by atoms with Crippen molar-refractivity contribution >= 4 is 0 Å². The molecule has 0 radical (unpaired) electrons.